The molecule has 340 valence electrons. The first-order chi connectivity index (χ1) is 27.4. The number of aliphatic hydroxyl groups excluding tert-OH is 2. The first kappa shape index (κ1) is 56.2. The van der Waals surface area contributed by atoms with E-state index in [1.165, 1.54) is 161 Å². The predicted molar refractivity (Wildman–Crippen MR) is 241 cm³/mol. The van der Waals surface area contributed by atoms with Crippen molar-refractivity contribution in [2.75, 3.05) is 40.9 Å². The van der Waals surface area contributed by atoms with Gasteiger partial charge in [-0.25, -0.2) is 4.57 Å². The molecular formula is C47H96N2O7P+. The number of amides is 1. The van der Waals surface area contributed by atoms with Gasteiger partial charge in [0.15, 0.2) is 0 Å². The minimum absolute atomic E-state index is 0.0193. The number of likely N-dealkylation sites (N-methyl/N-ethyl adjacent to an activating group) is 1. The van der Waals surface area contributed by atoms with Crippen LogP contribution in [0.4, 0.5) is 0 Å². The minimum atomic E-state index is -4.42. The van der Waals surface area contributed by atoms with Gasteiger partial charge < -0.3 is 24.9 Å². The molecule has 0 saturated carbocycles. The molecule has 0 saturated heterocycles. The summed E-state index contributed by atoms with van der Waals surface area (Å²) in [6.45, 7) is 4.59. The Labute approximate surface area is 353 Å². The summed E-state index contributed by atoms with van der Waals surface area (Å²) < 4.78 is 23.5. The molecule has 0 aromatic rings. The Kier molecular flexibility index (Phi) is 38.8. The number of hydrogen-bond acceptors (Lipinski definition) is 6. The minimum Gasteiger partial charge on any atom is -0.390 e. The molecular weight excluding hydrogens is 735 g/mol. The van der Waals surface area contributed by atoms with E-state index in [4.69, 9.17) is 9.05 Å². The number of allylic oxidation sites excluding steroid dienone is 2. The monoisotopic (exact) mass is 832 g/mol. The molecule has 0 radical (unpaired) electrons. The van der Waals surface area contributed by atoms with Crippen LogP contribution in [-0.2, 0) is 18.4 Å². The third kappa shape index (κ3) is 40.4. The highest BCUT2D eigenvalue weighted by Gasteiger charge is 2.31. The van der Waals surface area contributed by atoms with Gasteiger partial charge in [-0.15, -0.1) is 0 Å². The van der Waals surface area contributed by atoms with Crippen molar-refractivity contribution in [3.63, 3.8) is 0 Å². The Bertz CT molecular complexity index is 961. The van der Waals surface area contributed by atoms with Crippen LogP contribution < -0.4 is 5.32 Å². The SMILES string of the molecule is CCCCCCCCC/C=C/CCCC(O)C(O)C(COP(=O)(O)OCC[N+](C)(C)C)NC(=O)CCCCCCCCCCCCCCCCCCCCCCC. The fourth-order valence-corrected chi connectivity index (χ4v) is 7.94. The van der Waals surface area contributed by atoms with Crippen molar-refractivity contribution in [2.24, 2.45) is 0 Å². The molecule has 0 bridgehead atoms. The van der Waals surface area contributed by atoms with Gasteiger partial charge in [0.05, 0.1) is 39.9 Å². The van der Waals surface area contributed by atoms with Gasteiger partial charge in [-0.05, 0) is 38.5 Å². The summed E-state index contributed by atoms with van der Waals surface area (Å²) in [7, 11) is 1.43. The van der Waals surface area contributed by atoms with Gasteiger partial charge in [0.25, 0.3) is 0 Å². The Morgan fingerprint density at radius 3 is 1.40 bits per heavy atom. The van der Waals surface area contributed by atoms with Crippen molar-refractivity contribution in [3.05, 3.63) is 12.2 Å². The predicted octanol–water partition coefficient (Wildman–Crippen LogP) is 12.5. The van der Waals surface area contributed by atoms with Crippen LogP contribution in [0.1, 0.15) is 226 Å². The molecule has 57 heavy (non-hydrogen) atoms. The second-order valence-electron chi connectivity index (χ2n) is 18.0. The van der Waals surface area contributed by atoms with Crippen molar-refractivity contribution in [3.8, 4) is 0 Å². The van der Waals surface area contributed by atoms with Crippen LogP contribution >= 0.6 is 7.82 Å². The van der Waals surface area contributed by atoms with Crippen LogP contribution in [0.25, 0.3) is 0 Å². The molecule has 0 aromatic heterocycles. The molecule has 4 atom stereocenters. The zero-order chi connectivity index (χ0) is 42.3. The Hall–Kier alpha value is -0.800. The summed E-state index contributed by atoms with van der Waals surface area (Å²) in [5.41, 5.74) is 0. The van der Waals surface area contributed by atoms with E-state index in [1.54, 1.807) is 0 Å². The smallest absolute Gasteiger partial charge is 0.390 e. The molecule has 0 spiro atoms. The third-order valence-electron chi connectivity index (χ3n) is 11.1. The molecule has 0 aliphatic rings. The van der Waals surface area contributed by atoms with E-state index in [-0.39, 0.29) is 12.5 Å². The fraction of sp³-hybridized carbons (Fsp3) is 0.936. The highest BCUT2D eigenvalue weighted by atomic mass is 31.2. The molecule has 4 N–H and O–H groups in total. The maximum Gasteiger partial charge on any atom is 0.472 e. The van der Waals surface area contributed by atoms with E-state index in [2.05, 4.69) is 31.3 Å². The van der Waals surface area contributed by atoms with Crippen LogP contribution in [0.2, 0.25) is 0 Å². The number of carbonyl (C=O) groups is 1. The first-order valence-electron chi connectivity index (χ1n) is 24.1. The molecule has 0 aliphatic heterocycles. The Balaban J connectivity index is 4.36. The third-order valence-corrected chi connectivity index (χ3v) is 12.1. The van der Waals surface area contributed by atoms with Gasteiger partial charge in [0, 0.05) is 6.42 Å². The van der Waals surface area contributed by atoms with Gasteiger partial charge in [0.2, 0.25) is 5.91 Å². The lowest BCUT2D eigenvalue weighted by molar-refractivity contribution is -0.870. The summed E-state index contributed by atoms with van der Waals surface area (Å²) in [6.07, 6.45) is 41.4. The molecule has 1 amide bonds. The average molecular weight is 832 g/mol. The first-order valence-corrected chi connectivity index (χ1v) is 25.6. The zero-order valence-electron chi connectivity index (χ0n) is 38.2. The van der Waals surface area contributed by atoms with Crippen molar-refractivity contribution in [1.29, 1.82) is 0 Å². The van der Waals surface area contributed by atoms with Crippen molar-refractivity contribution in [1.82, 2.24) is 5.32 Å². The number of nitrogens with zero attached hydrogens (tertiary/aromatic N) is 1. The van der Waals surface area contributed by atoms with Gasteiger partial charge >= 0.3 is 7.82 Å². The summed E-state index contributed by atoms with van der Waals surface area (Å²) >= 11 is 0. The maximum absolute atomic E-state index is 12.9. The topological polar surface area (TPSA) is 125 Å². The molecule has 0 rings (SSSR count). The quantitative estimate of drug-likeness (QED) is 0.0208. The van der Waals surface area contributed by atoms with Gasteiger partial charge in [-0.1, -0.05) is 193 Å². The number of nitrogens with one attached hydrogen (secondary N) is 1. The van der Waals surface area contributed by atoms with Crippen LogP contribution in [0.3, 0.4) is 0 Å². The van der Waals surface area contributed by atoms with E-state index in [0.717, 1.165) is 32.1 Å². The highest BCUT2D eigenvalue weighted by Crippen LogP contribution is 2.43. The van der Waals surface area contributed by atoms with Crippen molar-refractivity contribution >= 4 is 13.7 Å². The Morgan fingerprint density at radius 1 is 0.596 bits per heavy atom. The highest BCUT2D eigenvalue weighted by molar-refractivity contribution is 7.47. The number of carbonyl (C=O) groups excluding carboxylic acids is 1. The van der Waals surface area contributed by atoms with Gasteiger partial charge in [0.1, 0.15) is 19.3 Å². The van der Waals surface area contributed by atoms with Crippen LogP contribution in [0.5, 0.6) is 0 Å². The lowest BCUT2D eigenvalue weighted by Gasteiger charge is -2.28. The summed E-state index contributed by atoms with van der Waals surface area (Å²) in [4.78, 5) is 23.2. The second-order valence-corrected chi connectivity index (χ2v) is 19.4. The van der Waals surface area contributed by atoms with E-state index in [1.807, 2.05) is 21.1 Å². The van der Waals surface area contributed by atoms with Crippen LogP contribution in [-0.4, -0.2) is 84.6 Å². The van der Waals surface area contributed by atoms with E-state index < -0.39 is 32.7 Å². The van der Waals surface area contributed by atoms with E-state index in [0.29, 0.717) is 30.3 Å². The number of phosphoric ester groups is 1. The second kappa shape index (κ2) is 39.3. The number of hydrogen-bond donors (Lipinski definition) is 4. The molecule has 0 aliphatic carbocycles. The van der Waals surface area contributed by atoms with Gasteiger partial charge in [-0.3, -0.25) is 13.8 Å². The molecule has 9 nitrogen and oxygen atoms in total. The number of aliphatic hydroxyl groups is 2. The summed E-state index contributed by atoms with van der Waals surface area (Å²) in [5, 5.41) is 24.7. The van der Waals surface area contributed by atoms with Crippen LogP contribution in [0.15, 0.2) is 12.2 Å². The molecule has 10 heteroatoms. The van der Waals surface area contributed by atoms with Crippen molar-refractivity contribution in [2.45, 2.75) is 244 Å². The Morgan fingerprint density at radius 2 is 0.982 bits per heavy atom. The normalized spacial score (nSPS) is 14.9. The molecule has 0 aromatic carbocycles. The number of quaternary nitrogens is 1. The molecule has 4 unspecified atom stereocenters. The number of phosphoric acid groups is 1. The van der Waals surface area contributed by atoms with Gasteiger partial charge in [-0.2, -0.15) is 0 Å². The number of unbranched alkanes of at least 4 members (excludes halogenated alkanes) is 28. The van der Waals surface area contributed by atoms with E-state index >= 15 is 0 Å². The van der Waals surface area contributed by atoms with Crippen molar-refractivity contribution < 1.29 is 38.0 Å². The fourth-order valence-electron chi connectivity index (χ4n) is 7.20. The molecule has 0 heterocycles. The average Bonchev–Trinajstić information content (AvgIpc) is 3.16. The maximum atomic E-state index is 12.9. The largest absolute Gasteiger partial charge is 0.472 e. The standard InChI is InChI=1S/C47H95N2O7P/c1-6-8-10-12-14-16-18-20-21-22-23-24-25-26-27-28-30-32-34-36-38-40-46(51)48-44(43-56-57(53,54)55-42-41-49(3,4)5)47(52)45(50)39-37-35-33-31-29-19-17-15-13-11-9-7-2/h31,33,44-45,47,50,52H,6-30,32,34-43H2,1-5H3,(H-,48,51,53,54)/p+1/b33-31+. The lowest BCUT2D eigenvalue weighted by Crippen LogP contribution is -2.51. The molecule has 0 fully saturated rings. The van der Waals surface area contributed by atoms with E-state index in [9.17, 15) is 24.5 Å². The summed E-state index contributed by atoms with van der Waals surface area (Å²) in [6, 6.07) is -1.04. The zero-order valence-corrected chi connectivity index (χ0v) is 39.1. The number of rotatable bonds is 44. The van der Waals surface area contributed by atoms with Crippen LogP contribution in [0, 0.1) is 0 Å². The lowest BCUT2D eigenvalue weighted by atomic mass is 10.0. The summed E-state index contributed by atoms with van der Waals surface area (Å²) in [5.74, 6) is -0.264.